The lowest BCUT2D eigenvalue weighted by molar-refractivity contribution is -0.148. The number of hydrogen-bond acceptors (Lipinski definition) is 4. The van der Waals surface area contributed by atoms with Gasteiger partial charge in [-0.25, -0.2) is 4.79 Å². The molecule has 0 aliphatic carbocycles. The Morgan fingerprint density at radius 2 is 1.90 bits per heavy atom. The van der Waals surface area contributed by atoms with E-state index in [1.165, 1.54) is 7.11 Å². The lowest BCUT2D eigenvalue weighted by Gasteiger charge is -2.31. The average Bonchev–Trinajstić information content (AvgIpc) is 2.51. The molecular formula is C17H28N2O2. The smallest absolute Gasteiger partial charge is 0.330 e. The van der Waals surface area contributed by atoms with Gasteiger partial charge in [0.05, 0.1) is 7.11 Å². The fourth-order valence-corrected chi connectivity index (χ4v) is 2.62. The molecule has 0 spiro atoms. The molecule has 0 saturated heterocycles. The second-order valence-corrected chi connectivity index (χ2v) is 5.39. The molecule has 0 bridgehead atoms. The van der Waals surface area contributed by atoms with Gasteiger partial charge in [-0.2, -0.15) is 0 Å². The quantitative estimate of drug-likeness (QED) is 0.747. The standard InChI is InChI=1S/C17H28N2O2/c1-6-19(7-2)13-12-18-17(4,16(20)21-5)15-11-9-8-10-14(15)3/h8-11,18H,6-7,12-13H2,1-5H3. The van der Waals surface area contributed by atoms with Crippen molar-refractivity contribution in [3.8, 4) is 0 Å². The first-order chi connectivity index (χ1) is 9.99. The Bertz CT molecular complexity index is 458. The SMILES string of the molecule is CCN(CC)CCNC(C)(C(=O)OC)c1ccccc1C. The maximum absolute atomic E-state index is 12.3. The van der Waals surface area contributed by atoms with E-state index >= 15 is 0 Å². The molecule has 0 amide bonds. The molecule has 1 atom stereocenters. The zero-order valence-electron chi connectivity index (χ0n) is 13.9. The van der Waals surface area contributed by atoms with Crippen molar-refractivity contribution in [3.05, 3.63) is 35.4 Å². The number of esters is 1. The Balaban J connectivity index is 2.90. The molecule has 21 heavy (non-hydrogen) atoms. The first kappa shape index (κ1) is 17.7. The minimum Gasteiger partial charge on any atom is -0.467 e. The number of methoxy groups -OCH3 is 1. The van der Waals surface area contributed by atoms with Gasteiger partial charge in [-0.1, -0.05) is 38.1 Å². The molecular weight excluding hydrogens is 264 g/mol. The molecule has 0 aliphatic rings. The van der Waals surface area contributed by atoms with Crippen LogP contribution in [0.25, 0.3) is 0 Å². The Kier molecular flexibility index (Phi) is 6.85. The van der Waals surface area contributed by atoms with E-state index in [-0.39, 0.29) is 5.97 Å². The molecule has 0 heterocycles. The summed E-state index contributed by atoms with van der Waals surface area (Å²) in [5.74, 6) is -0.253. The van der Waals surface area contributed by atoms with Gasteiger partial charge in [-0.3, -0.25) is 5.32 Å². The fraction of sp³-hybridized carbons (Fsp3) is 0.588. The topological polar surface area (TPSA) is 41.6 Å². The van der Waals surface area contributed by atoms with Crippen LogP contribution in [0.3, 0.4) is 0 Å². The van der Waals surface area contributed by atoms with Crippen molar-refractivity contribution >= 4 is 5.97 Å². The van der Waals surface area contributed by atoms with E-state index in [9.17, 15) is 4.79 Å². The van der Waals surface area contributed by atoms with Gasteiger partial charge in [-0.15, -0.1) is 0 Å². The number of hydrogen-bond donors (Lipinski definition) is 1. The molecule has 4 nitrogen and oxygen atoms in total. The molecule has 1 unspecified atom stereocenters. The lowest BCUT2D eigenvalue weighted by atomic mass is 9.88. The van der Waals surface area contributed by atoms with E-state index in [1.54, 1.807) is 0 Å². The Hall–Kier alpha value is -1.39. The maximum Gasteiger partial charge on any atom is 0.330 e. The first-order valence-electron chi connectivity index (χ1n) is 7.61. The van der Waals surface area contributed by atoms with Crippen LogP contribution in [0.4, 0.5) is 0 Å². The second-order valence-electron chi connectivity index (χ2n) is 5.39. The highest BCUT2D eigenvalue weighted by Crippen LogP contribution is 2.25. The van der Waals surface area contributed by atoms with Crippen molar-refractivity contribution in [1.29, 1.82) is 0 Å². The number of ether oxygens (including phenoxy) is 1. The minimum atomic E-state index is -0.812. The van der Waals surface area contributed by atoms with E-state index in [0.29, 0.717) is 0 Å². The van der Waals surface area contributed by atoms with Crippen LogP contribution in [0.2, 0.25) is 0 Å². The number of benzene rings is 1. The fourth-order valence-electron chi connectivity index (χ4n) is 2.62. The van der Waals surface area contributed by atoms with E-state index in [2.05, 4.69) is 24.1 Å². The Morgan fingerprint density at radius 1 is 1.29 bits per heavy atom. The van der Waals surface area contributed by atoms with Gasteiger partial charge in [0.2, 0.25) is 0 Å². The molecule has 0 fully saturated rings. The predicted molar refractivity (Wildman–Crippen MR) is 86.3 cm³/mol. The zero-order valence-corrected chi connectivity index (χ0v) is 13.9. The van der Waals surface area contributed by atoms with Gasteiger partial charge >= 0.3 is 5.97 Å². The third-order valence-corrected chi connectivity index (χ3v) is 4.08. The van der Waals surface area contributed by atoms with E-state index < -0.39 is 5.54 Å². The number of carbonyl (C=O) groups excluding carboxylic acids is 1. The van der Waals surface area contributed by atoms with Crippen molar-refractivity contribution in [1.82, 2.24) is 10.2 Å². The largest absolute Gasteiger partial charge is 0.467 e. The van der Waals surface area contributed by atoms with Crippen LogP contribution in [0, 0.1) is 6.92 Å². The van der Waals surface area contributed by atoms with Crippen LogP contribution in [-0.2, 0) is 15.1 Å². The third kappa shape index (κ3) is 4.29. The first-order valence-corrected chi connectivity index (χ1v) is 7.61. The summed E-state index contributed by atoms with van der Waals surface area (Å²) in [5.41, 5.74) is 1.24. The van der Waals surface area contributed by atoms with E-state index in [4.69, 9.17) is 4.74 Å². The van der Waals surface area contributed by atoms with E-state index in [0.717, 1.165) is 37.3 Å². The van der Waals surface area contributed by atoms with Gasteiger partial charge in [0.25, 0.3) is 0 Å². The molecule has 1 aromatic carbocycles. The Labute approximate surface area is 128 Å². The molecule has 0 saturated carbocycles. The van der Waals surface area contributed by atoms with Crippen molar-refractivity contribution in [2.24, 2.45) is 0 Å². The number of nitrogens with one attached hydrogen (secondary N) is 1. The van der Waals surface area contributed by atoms with Gasteiger partial charge < -0.3 is 9.64 Å². The minimum absolute atomic E-state index is 0.253. The summed E-state index contributed by atoms with van der Waals surface area (Å²) in [6, 6.07) is 7.93. The van der Waals surface area contributed by atoms with Crippen LogP contribution >= 0.6 is 0 Å². The summed E-state index contributed by atoms with van der Waals surface area (Å²) >= 11 is 0. The summed E-state index contributed by atoms with van der Waals surface area (Å²) in [6.07, 6.45) is 0. The van der Waals surface area contributed by atoms with Gasteiger partial charge in [0.1, 0.15) is 5.54 Å². The van der Waals surface area contributed by atoms with Gasteiger partial charge in [0, 0.05) is 13.1 Å². The van der Waals surface area contributed by atoms with Gasteiger partial charge in [0.15, 0.2) is 0 Å². The average molecular weight is 292 g/mol. The predicted octanol–water partition coefficient (Wildman–Crippen LogP) is 2.31. The van der Waals surface area contributed by atoms with Crippen LogP contribution in [0.15, 0.2) is 24.3 Å². The number of nitrogens with zero attached hydrogens (tertiary/aromatic N) is 1. The summed E-state index contributed by atoms with van der Waals surface area (Å²) in [7, 11) is 1.44. The van der Waals surface area contributed by atoms with E-state index in [1.807, 2.05) is 38.1 Å². The van der Waals surface area contributed by atoms with Crippen molar-refractivity contribution in [3.63, 3.8) is 0 Å². The highest BCUT2D eigenvalue weighted by atomic mass is 16.5. The van der Waals surface area contributed by atoms with Gasteiger partial charge in [-0.05, 0) is 38.1 Å². The Morgan fingerprint density at radius 3 is 2.43 bits per heavy atom. The molecule has 1 rings (SSSR count). The molecule has 0 aromatic heterocycles. The number of likely N-dealkylation sites (N-methyl/N-ethyl adjacent to an activating group) is 1. The maximum atomic E-state index is 12.3. The molecule has 0 aliphatic heterocycles. The number of rotatable bonds is 8. The van der Waals surface area contributed by atoms with Crippen molar-refractivity contribution in [2.45, 2.75) is 33.2 Å². The highest BCUT2D eigenvalue weighted by Gasteiger charge is 2.36. The monoisotopic (exact) mass is 292 g/mol. The summed E-state index contributed by atoms with van der Waals surface area (Å²) < 4.78 is 5.02. The second kappa shape index (κ2) is 8.15. The number of carbonyl (C=O) groups is 1. The summed E-state index contributed by atoms with van der Waals surface area (Å²) in [4.78, 5) is 14.6. The molecule has 1 aromatic rings. The lowest BCUT2D eigenvalue weighted by Crippen LogP contribution is -2.50. The van der Waals surface area contributed by atoms with Crippen LogP contribution in [-0.4, -0.2) is 44.2 Å². The molecule has 118 valence electrons. The summed E-state index contributed by atoms with van der Waals surface area (Å²) in [6.45, 7) is 11.9. The molecule has 0 radical (unpaired) electrons. The third-order valence-electron chi connectivity index (χ3n) is 4.08. The molecule has 4 heteroatoms. The zero-order chi connectivity index (χ0) is 15.9. The highest BCUT2D eigenvalue weighted by molar-refractivity contribution is 5.82. The van der Waals surface area contributed by atoms with Crippen molar-refractivity contribution < 1.29 is 9.53 Å². The van der Waals surface area contributed by atoms with Crippen molar-refractivity contribution in [2.75, 3.05) is 33.3 Å². The van der Waals surface area contributed by atoms with Crippen LogP contribution in [0.5, 0.6) is 0 Å². The van der Waals surface area contributed by atoms with Crippen LogP contribution in [0.1, 0.15) is 31.9 Å². The molecule has 1 N–H and O–H groups in total. The van der Waals surface area contributed by atoms with Crippen LogP contribution < -0.4 is 5.32 Å². The number of aryl methyl sites for hydroxylation is 1. The normalized spacial score (nSPS) is 14.0. The summed E-state index contributed by atoms with van der Waals surface area (Å²) in [5, 5.41) is 3.39.